The van der Waals surface area contributed by atoms with Crippen molar-refractivity contribution in [2.24, 2.45) is 0 Å². The maximum atomic E-state index is 12.4. The zero-order valence-electron chi connectivity index (χ0n) is 15.7. The first kappa shape index (κ1) is 20.1. The second-order valence-electron chi connectivity index (χ2n) is 6.31. The zero-order chi connectivity index (χ0) is 19.6. The van der Waals surface area contributed by atoms with Gasteiger partial charge in [-0.25, -0.2) is 0 Å². The van der Waals surface area contributed by atoms with E-state index in [0.717, 1.165) is 17.7 Å². The summed E-state index contributed by atoms with van der Waals surface area (Å²) in [5.74, 6) is -0.376. The van der Waals surface area contributed by atoms with Gasteiger partial charge in [0, 0.05) is 11.4 Å². The minimum absolute atomic E-state index is 0.103. The van der Waals surface area contributed by atoms with E-state index in [4.69, 9.17) is 5.26 Å². The van der Waals surface area contributed by atoms with Gasteiger partial charge >= 0.3 is 0 Å². The summed E-state index contributed by atoms with van der Waals surface area (Å²) in [6.07, 6.45) is 0.828. The van der Waals surface area contributed by atoms with Crippen molar-refractivity contribution >= 4 is 23.2 Å². The first-order valence-corrected chi connectivity index (χ1v) is 8.89. The van der Waals surface area contributed by atoms with Crippen LogP contribution in [0.1, 0.15) is 24.5 Å². The SMILES string of the molecule is CCCN(CC(=O)Nc1cccc(C#N)c1)CC(=O)Nc1ccccc1C. The van der Waals surface area contributed by atoms with Crippen LogP contribution >= 0.6 is 0 Å². The van der Waals surface area contributed by atoms with Crippen molar-refractivity contribution in [1.82, 2.24) is 4.90 Å². The summed E-state index contributed by atoms with van der Waals surface area (Å²) in [6.45, 7) is 4.80. The standard InChI is InChI=1S/C21H24N4O2/c1-3-11-25(15-21(27)24-19-10-5-4-7-16(19)2)14-20(26)23-18-9-6-8-17(12-18)13-22/h4-10,12H,3,11,14-15H2,1-2H3,(H,23,26)(H,24,27). The molecule has 27 heavy (non-hydrogen) atoms. The Morgan fingerprint density at radius 2 is 1.74 bits per heavy atom. The molecule has 0 saturated carbocycles. The van der Waals surface area contributed by atoms with Gasteiger partial charge in [0.25, 0.3) is 0 Å². The van der Waals surface area contributed by atoms with Crippen molar-refractivity contribution in [3.63, 3.8) is 0 Å². The number of rotatable bonds is 8. The molecule has 0 bridgehead atoms. The average molecular weight is 364 g/mol. The highest BCUT2D eigenvalue weighted by atomic mass is 16.2. The molecule has 6 heteroatoms. The highest BCUT2D eigenvalue weighted by molar-refractivity contribution is 5.95. The molecule has 0 saturated heterocycles. The topological polar surface area (TPSA) is 85.2 Å². The van der Waals surface area contributed by atoms with E-state index >= 15 is 0 Å². The molecule has 2 aromatic carbocycles. The minimum atomic E-state index is -0.220. The molecular formula is C21H24N4O2. The van der Waals surface area contributed by atoms with Crippen LogP contribution in [0.4, 0.5) is 11.4 Å². The number of anilines is 2. The van der Waals surface area contributed by atoms with Crippen molar-refractivity contribution in [2.75, 3.05) is 30.3 Å². The van der Waals surface area contributed by atoms with Crippen LogP contribution in [0, 0.1) is 18.3 Å². The molecule has 0 fully saturated rings. The summed E-state index contributed by atoms with van der Waals surface area (Å²) in [6, 6.07) is 16.4. The molecule has 0 spiro atoms. The summed E-state index contributed by atoms with van der Waals surface area (Å²) in [5.41, 5.74) is 2.82. The first-order chi connectivity index (χ1) is 13.0. The van der Waals surface area contributed by atoms with Gasteiger partial charge in [0.1, 0.15) is 0 Å². The van der Waals surface area contributed by atoms with Gasteiger partial charge in [0.2, 0.25) is 11.8 Å². The number of nitrogens with one attached hydrogen (secondary N) is 2. The van der Waals surface area contributed by atoms with Crippen LogP contribution in [-0.4, -0.2) is 36.3 Å². The Balaban J connectivity index is 1.93. The number of carbonyl (C=O) groups excluding carboxylic acids is 2. The molecule has 0 radical (unpaired) electrons. The number of benzene rings is 2. The second kappa shape index (κ2) is 10.1. The van der Waals surface area contributed by atoms with E-state index in [0.29, 0.717) is 17.8 Å². The second-order valence-corrected chi connectivity index (χ2v) is 6.31. The average Bonchev–Trinajstić information content (AvgIpc) is 2.64. The van der Waals surface area contributed by atoms with Gasteiger partial charge in [-0.1, -0.05) is 31.2 Å². The number of amides is 2. The first-order valence-electron chi connectivity index (χ1n) is 8.89. The number of nitriles is 1. The third-order valence-electron chi connectivity index (χ3n) is 3.97. The predicted molar refractivity (Wildman–Crippen MR) is 106 cm³/mol. The highest BCUT2D eigenvalue weighted by Crippen LogP contribution is 2.13. The van der Waals surface area contributed by atoms with Gasteiger partial charge in [-0.15, -0.1) is 0 Å². The van der Waals surface area contributed by atoms with Crippen LogP contribution in [0.5, 0.6) is 0 Å². The fourth-order valence-electron chi connectivity index (χ4n) is 2.71. The maximum Gasteiger partial charge on any atom is 0.238 e. The molecular weight excluding hydrogens is 340 g/mol. The van der Waals surface area contributed by atoms with Crippen molar-refractivity contribution in [1.29, 1.82) is 5.26 Å². The summed E-state index contributed by atoms with van der Waals surface area (Å²) < 4.78 is 0. The van der Waals surface area contributed by atoms with Crippen LogP contribution in [-0.2, 0) is 9.59 Å². The Bertz CT molecular complexity index is 842. The lowest BCUT2D eigenvalue weighted by Gasteiger charge is -2.21. The minimum Gasteiger partial charge on any atom is -0.325 e. The molecule has 2 rings (SSSR count). The third kappa shape index (κ3) is 6.57. The zero-order valence-corrected chi connectivity index (χ0v) is 15.7. The van der Waals surface area contributed by atoms with Crippen LogP contribution in [0.15, 0.2) is 48.5 Å². The van der Waals surface area contributed by atoms with Gasteiger partial charge in [-0.05, 0) is 49.7 Å². The number of hydrogen-bond acceptors (Lipinski definition) is 4. The normalized spacial score (nSPS) is 10.3. The summed E-state index contributed by atoms with van der Waals surface area (Å²) in [5, 5.41) is 14.6. The molecule has 0 aromatic heterocycles. The number of aryl methyl sites for hydroxylation is 1. The Morgan fingerprint density at radius 1 is 1.04 bits per heavy atom. The Kier molecular flexibility index (Phi) is 7.53. The van der Waals surface area contributed by atoms with Gasteiger partial charge in [-0.3, -0.25) is 14.5 Å². The molecule has 0 aliphatic carbocycles. The van der Waals surface area contributed by atoms with E-state index in [1.807, 2.05) is 44.2 Å². The molecule has 0 unspecified atom stereocenters. The van der Waals surface area contributed by atoms with Gasteiger partial charge in [0.15, 0.2) is 0 Å². The summed E-state index contributed by atoms with van der Waals surface area (Å²) >= 11 is 0. The smallest absolute Gasteiger partial charge is 0.238 e. The quantitative estimate of drug-likeness (QED) is 0.753. The number of hydrogen-bond donors (Lipinski definition) is 2. The van der Waals surface area contributed by atoms with Crippen LogP contribution in [0.2, 0.25) is 0 Å². The van der Waals surface area contributed by atoms with Crippen molar-refractivity contribution in [3.05, 3.63) is 59.7 Å². The molecule has 0 aliphatic rings. The van der Waals surface area contributed by atoms with E-state index in [-0.39, 0.29) is 24.9 Å². The van der Waals surface area contributed by atoms with Crippen molar-refractivity contribution in [2.45, 2.75) is 20.3 Å². The lowest BCUT2D eigenvalue weighted by atomic mass is 10.2. The Labute approximate surface area is 159 Å². The molecule has 140 valence electrons. The van der Waals surface area contributed by atoms with Gasteiger partial charge in [-0.2, -0.15) is 5.26 Å². The third-order valence-corrected chi connectivity index (χ3v) is 3.97. The van der Waals surface area contributed by atoms with Crippen molar-refractivity contribution in [3.8, 4) is 6.07 Å². The lowest BCUT2D eigenvalue weighted by Crippen LogP contribution is -2.39. The van der Waals surface area contributed by atoms with E-state index in [1.54, 1.807) is 29.2 Å². The molecule has 2 N–H and O–H groups in total. The predicted octanol–water partition coefficient (Wildman–Crippen LogP) is 3.16. The fraction of sp³-hybridized carbons (Fsp3) is 0.286. The monoisotopic (exact) mass is 364 g/mol. The van der Waals surface area contributed by atoms with E-state index in [2.05, 4.69) is 10.6 Å². The van der Waals surface area contributed by atoms with E-state index in [9.17, 15) is 9.59 Å². The fourth-order valence-corrected chi connectivity index (χ4v) is 2.71. The maximum absolute atomic E-state index is 12.4. The molecule has 6 nitrogen and oxygen atoms in total. The molecule has 0 aliphatic heterocycles. The molecule has 0 heterocycles. The Morgan fingerprint density at radius 3 is 2.41 bits per heavy atom. The number of carbonyl (C=O) groups is 2. The van der Waals surface area contributed by atoms with Gasteiger partial charge < -0.3 is 10.6 Å². The highest BCUT2D eigenvalue weighted by Gasteiger charge is 2.15. The van der Waals surface area contributed by atoms with Crippen LogP contribution in [0.3, 0.4) is 0 Å². The van der Waals surface area contributed by atoms with Gasteiger partial charge in [0.05, 0.1) is 24.7 Å². The number of nitrogens with zero attached hydrogens (tertiary/aromatic N) is 2. The number of para-hydroxylation sites is 1. The van der Waals surface area contributed by atoms with E-state index < -0.39 is 0 Å². The lowest BCUT2D eigenvalue weighted by molar-refractivity contribution is -0.120. The van der Waals surface area contributed by atoms with Crippen LogP contribution < -0.4 is 10.6 Å². The molecule has 0 atom stereocenters. The summed E-state index contributed by atoms with van der Waals surface area (Å²) in [4.78, 5) is 26.5. The molecule has 2 amide bonds. The Hall–Kier alpha value is -3.17. The summed E-state index contributed by atoms with van der Waals surface area (Å²) in [7, 11) is 0. The largest absolute Gasteiger partial charge is 0.325 e. The van der Waals surface area contributed by atoms with E-state index in [1.165, 1.54) is 0 Å². The van der Waals surface area contributed by atoms with Crippen LogP contribution in [0.25, 0.3) is 0 Å². The van der Waals surface area contributed by atoms with Crippen molar-refractivity contribution < 1.29 is 9.59 Å². The molecule has 2 aromatic rings.